The van der Waals surface area contributed by atoms with Crippen molar-refractivity contribution >= 4 is 49.4 Å². The SMILES string of the molecule is COC(=O)c1ccc(NC(=O)C(C)Oc2ccc(Br)cc2Br)cc1. The lowest BCUT2D eigenvalue weighted by Crippen LogP contribution is -2.30. The third-order valence-corrected chi connectivity index (χ3v) is 4.25. The molecule has 1 unspecified atom stereocenters. The second-order valence-corrected chi connectivity index (χ2v) is 6.66. The first-order valence-corrected chi connectivity index (χ1v) is 8.60. The van der Waals surface area contributed by atoms with Gasteiger partial charge in [0.25, 0.3) is 5.91 Å². The predicted octanol–water partition coefficient (Wildman–Crippen LogP) is 4.40. The van der Waals surface area contributed by atoms with Crippen LogP contribution < -0.4 is 10.1 Å². The molecule has 2 rings (SSSR count). The lowest BCUT2D eigenvalue weighted by Gasteiger charge is -2.16. The van der Waals surface area contributed by atoms with Crippen molar-refractivity contribution in [2.75, 3.05) is 12.4 Å². The van der Waals surface area contributed by atoms with E-state index in [1.807, 2.05) is 12.1 Å². The van der Waals surface area contributed by atoms with Crippen LogP contribution >= 0.6 is 31.9 Å². The van der Waals surface area contributed by atoms with Gasteiger partial charge in [-0.25, -0.2) is 4.79 Å². The van der Waals surface area contributed by atoms with E-state index in [1.54, 1.807) is 37.3 Å². The Bertz CT molecular complexity index is 747. The van der Waals surface area contributed by atoms with Crippen LogP contribution in [0.1, 0.15) is 17.3 Å². The Labute approximate surface area is 156 Å². The summed E-state index contributed by atoms with van der Waals surface area (Å²) in [6.07, 6.45) is -0.692. The number of hydrogen-bond donors (Lipinski definition) is 1. The van der Waals surface area contributed by atoms with E-state index in [2.05, 4.69) is 41.9 Å². The largest absolute Gasteiger partial charge is 0.480 e. The van der Waals surface area contributed by atoms with Crippen LogP contribution in [0.15, 0.2) is 51.4 Å². The summed E-state index contributed by atoms with van der Waals surface area (Å²) in [5.74, 6) is -0.151. The lowest BCUT2D eigenvalue weighted by molar-refractivity contribution is -0.122. The molecular weight excluding hydrogens is 442 g/mol. The van der Waals surface area contributed by atoms with Crippen molar-refractivity contribution in [3.8, 4) is 5.75 Å². The quantitative estimate of drug-likeness (QED) is 0.677. The molecule has 7 heteroatoms. The van der Waals surface area contributed by atoms with Crippen molar-refractivity contribution < 1.29 is 19.1 Å². The summed E-state index contributed by atoms with van der Waals surface area (Å²) in [4.78, 5) is 23.6. The number of nitrogens with one attached hydrogen (secondary N) is 1. The average Bonchev–Trinajstić information content (AvgIpc) is 2.57. The molecule has 2 aromatic carbocycles. The Balaban J connectivity index is 1.99. The smallest absolute Gasteiger partial charge is 0.337 e. The number of anilines is 1. The number of halogens is 2. The fourth-order valence-corrected chi connectivity index (χ4v) is 3.01. The molecule has 1 atom stereocenters. The Morgan fingerprint density at radius 3 is 2.33 bits per heavy atom. The third kappa shape index (κ3) is 4.82. The second-order valence-electron chi connectivity index (χ2n) is 4.89. The van der Waals surface area contributed by atoms with Crippen molar-refractivity contribution in [2.45, 2.75) is 13.0 Å². The van der Waals surface area contributed by atoms with Gasteiger partial charge in [-0.1, -0.05) is 15.9 Å². The van der Waals surface area contributed by atoms with E-state index in [0.717, 1.165) is 8.95 Å². The van der Waals surface area contributed by atoms with Gasteiger partial charge in [-0.2, -0.15) is 0 Å². The van der Waals surface area contributed by atoms with Crippen molar-refractivity contribution in [1.82, 2.24) is 0 Å². The molecule has 0 bridgehead atoms. The maximum atomic E-state index is 12.2. The lowest BCUT2D eigenvalue weighted by atomic mass is 10.2. The first-order chi connectivity index (χ1) is 11.4. The molecule has 5 nitrogen and oxygen atoms in total. The summed E-state index contributed by atoms with van der Waals surface area (Å²) in [6.45, 7) is 1.66. The molecule has 0 fully saturated rings. The summed E-state index contributed by atoms with van der Waals surface area (Å²) in [7, 11) is 1.32. The van der Waals surface area contributed by atoms with Gasteiger partial charge in [0.1, 0.15) is 5.75 Å². The molecule has 0 radical (unpaired) electrons. The van der Waals surface area contributed by atoms with E-state index in [4.69, 9.17) is 4.74 Å². The van der Waals surface area contributed by atoms with Gasteiger partial charge in [0.15, 0.2) is 6.10 Å². The predicted molar refractivity (Wildman–Crippen MR) is 98.3 cm³/mol. The molecule has 0 aliphatic carbocycles. The number of carbonyl (C=O) groups is 2. The van der Waals surface area contributed by atoms with E-state index in [9.17, 15) is 9.59 Å². The zero-order valence-electron chi connectivity index (χ0n) is 13.0. The highest BCUT2D eigenvalue weighted by Crippen LogP contribution is 2.29. The van der Waals surface area contributed by atoms with Crippen LogP contribution in [0.2, 0.25) is 0 Å². The zero-order chi connectivity index (χ0) is 17.7. The van der Waals surface area contributed by atoms with E-state index >= 15 is 0 Å². The van der Waals surface area contributed by atoms with Gasteiger partial charge in [0.05, 0.1) is 17.1 Å². The Kier molecular flexibility index (Phi) is 6.39. The molecule has 2 aromatic rings. The molecule has 0 saturated carbocycles. The van der Waals surface area contributed by atoms with E-state index in [1.165, 1.54) is 7.11 Å². The Hall–Kier alpha value is -1.86. The number of benzene rings is 2. The van der Waals surface area contributed by atoms with Crippen molar-refractivity contribution in [3.05, 3.63) is 57.0 Å². The fraction of sp³-hybridized carbons (Fsp3) is 0.176. The molecule has 0 aliphatic rings. The van der Waals surface area contributed by atoms with Gasteiger partial charge >= 0.3 is 5.97 Å². The second kappa shape index (κ2) is 8.30. The van der Waals surface area contributed by atoms with Crippen LogP contribution in [0.25, 0.3) is 0 Å². The standard InChI is InChI=1S/C17H15Br2NO4/c1-10(24-15-8-5-12(18)9-14(15)19)16(21)20-13-6-3-11(4-7-13)17(22)23-2/h3-10H,1-2H3,(H,20,21). The van der Waals surface area contributed by atoms with Gasteiger partial charge < -0.3 is 14.8 Å². The van der Waals surface area contributed by atoms with Gasteiger partial charge in [0, 0.05) is 10.2 Å². The first kappa shape index (κ1) is 18.5. The monoisotopic (exact) mass is 455 g/mol. The average molecular weight is 457 g/mol. The summed E-state index contributed by atoms with van der Waals surface area (Å²) in [6, 6.07) is 11.9. The van der Waals surface area contributed by atoms with E-state index in [0.29, 0.717) is 17.0 Å². The van der Waals surface area contributed by atoms with Crippen molar-refractivity contribution in [3.63, 3.8) is 0 Å². The Morgan fingerprint density at radius 1 is 1.08 bits per heavy atom. The number of esters is 1. The van der Waals surface area contributed by atoms with Crippen LogP contribution in [-0.2, 0) is 9.53 Å². The van der Waals surface area contributed by atoms with Gasteiger partial charge in [-0.3, -0.25) is 4.79 Å². The fourth-order valence-electron chi connectivity index (χ4n) is 1.87. The van der Waals surface area contributed by atoms with Crippen molar-refractivity contribution in [1.29, 1.82) is 0 Å². The van der Waals surface area contributed by atoms with Gasteiger partial charge in [-0.05, 0) is 65.3 Å². The van der Waals surface area contributed by atoms with Crippen LogP contribution in [0.4, 0.5) is 5.69 Å². The minimum Gasteiger partial charge on any atom is -0.480 e. The van der Waals surface area contributed by atoms with Gasteiger partial charge in [-0.15, -0.1) is 0 Å². The normalized spacial score (nSPS) is 11.5. The molecule has 0 heterocycles. The molecule has 126 valence electrons. The van der Waals surface area contributed by atoms with Gasteiger partial charge in [0.2, 0.25) is 0 Å². The highest BCUT2D eigenvalue weighted by atomic mass is 79.9. The maximum absolute atomic E-state index is 12.2. The van der Waals surface area contributed by atoms with E-state index < -0.39 is 12.1 Å². The summed E-state index contributed by atoms with van der Waals surface area (Å²) >= 11 is 6.75. The summed E-state index contributed by atoms with van der Waals surface area (Å²) < 4.78 is 11.9. The topological polar surface area (TPSA) is 64.6 Å². The summed E-state index contributed by atoms with van der Waals surface area (Å²) in [5.41, 5.74) is 0.983. The molecule has 24 heavy (non-hydrogen) atoms. The minimum absolute atomic E-state index is 0.296. The van der Waals surface area contributed by atoms with Crippen LogP contribution in [0, 0.1) is 0 Å². The molecule has 1 N–H and O–H groups in total. The Morgan fingerprint density at radius 2 is 1.75 bits per heavy atom. The van der Waals surface area contributed by atoms with Crippen LogP contribution in [0.3, 0.4) is 0 Å². The number of ether oxygens (including phenoxy) is 2. The first-order valence-electron chi connectivity index (χ1n) is 7.01. The molecular formula is C17H15Br2NO4. The van der Waals surface area contributed by atoms with Crippen LogP contribution in [0.5, 0.6) is 5.75 Å². The highest BCUT2D eigenvalue weighted by Gasteiger charge is 2.16. The van der Waals surface area contributed by atoms with Crippen LogP contribution in [-0.4, -0.2) is 25.1 Å². The molecule has 0 spiro atoms. The maximum Gasteiger partial charge on any atom is 0.337 e. The highest BCUT2D eigenvalue weighted by molar-refractivity contribution is 9.11. The number of carbonyl (C=O) groups excluding carboxylic acids is 2. The molecule has 0 aromatic heterocycles. The molecule has 0 saturated heterocycles. The molecule has 1 amide bonds. The molecule has 0 aliphatic heterocycles. The zero-order valence-corrected chi connectivity index (χ0v) is 16.2. The minimum atomic E-state index is -0.692. The van der Waals surface area contributed by atoms with Crippen molar-refractivity contribution in [2.24, 2.45) is 0 Å². The number of amides is 1. The number of hydrogen-bond acceptors (Lipinski definition) is 4. The summed E-state index contributed by atoms with van der Waals surface area (Å²) in [5, 5.41) is 2.74. The third-order valence-electron chi connectivity index (χ3n) is 3.14. The van der Waals surface area contributed by atoms with E-state index in [-0.39, 0.29) is 5.91 Å². The number of methoxy groups -OCH3 is 1. The number of rotatable bonds is 5.